The summed E-state index contributed by atoms with van der Waals surface area (Å²) in [6.07, 6.45) is 1.64. The van der Waals surface area contributed by atoms with Crippen LogP contribution in [0.1, 0.15) is 80.7 Å². The van der Waals surface area contributed by atoms with Crippen molar-refractivity contribution < 1.29 is 53.3 Å². The number of carboxylic acids is 2. The topological polar surface area (TPSA) is 213 Å². The van der Waals surface area contributed by atoms with Crippen LogP contribution in [0.25, 0.3) is 0 Å². The highest BCUT2D eigenvalue weighted by Crippen LogP contribution is 2.19. The molecule has 18 nitrogen and oxygen atoms in total. The number of hydrogen-bond acceptors (Lipinski definition) is 15. The fourth-order valence-electron chi connectivity index (χ4n) is 6.58. The van der Waals surface area contributed by atoms with Gasteiger partial charge >= 0.3 is 29.8 Å². The molecule has 18 heteroatoms. The maximum absolute atomic E-state index is 13.4. The van der Waals surface area contributed by atoms with Crippen molar-refractivity contribution in [3.05, 3.63) is 39.9 Å². The standard InChI is InChI=1S/C41H68N6O12/c1-39(2,3)57-36(52)28-45-23-18-42(17-19-43(26-34(48)49)20-21-44(22-24-45)27-35(50)51)25-33(12-10-11-31-13-15-32(16-14-31)47(55)56)46(29-37(53)58-40(4,5)6)30-38(54)59-41(7,8)9/h13-16,33H,10-12,17-30H2,1-9H3,(H,48,49)(H,50,51). The summed E-state index contributed by atoms with van der Waals surface area (Å²) in [5, 5.41) is 30.6. The van der Waals surface area contributed by atoms with E-state index in [0.717, 1.165) is 5.56 Å². The number of ether oxygens (including phenoxy) is 3. The van der Waals surface area contributed by atoms with Gasteiger partial charge in [0.2, 0.25) is 0 Å². The van der Waals surface area contributed by atoms with Crippen LogP contribution in [-0.4, -0.2) is 184 Å². The molecule has 1 aliphatic heterocycles. The van der Waals surface area contributed by atoms with Crippen LogP contribution in [0.5, 0.6) is 0 Å². The molecule has 2 N–H and O–H groups in total. The Kier molecular flexibility index (Phi) is 20.3. The lowest BCUT2D eigenvalue weighted by molar-refractivity contribution is -0.384. The Bertz CT molecular complexity index is 1510. The van der Waals surface area contributed by atoms with E-state index in [-0.39, 0.29) is 51.5 Å². The highest BCUT2D eigenvalue weighted by atomic mass is 16.6. The molecule has 1 unspecified atom stereocenters. The van der Waals surface area contributed by atoms with Gasteiger partial charge in [-0.05, 0) is 87.1 Å². The van der Waals surface area contributed by atoms with E-state index in [1.54, 1.807) is 89.1 Å². The Balaban J connectivity index is 2.56. The number of non-ortho nitro benzene ring substituents is 1. The van der Waals surface area contributed by atoms with Gasteiger partial charge in [-0.1, -0.05) is 12.1 Å². The fourth-order valence-corrected chi connectivity index (χ4v) is 6.58. The summed E-state index contributed by atoms with van der Waals surface area (Å²) in [5.74, 6) is -3.54. The number of nitro groups is 1. The minimum atomic E-state index is -1.03. The molecule has 1 heterocycles. The maximum atomic E-state index is 13.4. The van der Waals surface area contributed by atoms with Crippen molar-refractivity contribution in [3.63, 3.8) is 0 Å². The van der Waals surface area contributed by atoms with Gasteiger partial charge in [0.15, 0.2) is 0 Å². The Morgan fingerprint density at radius 2 is 1.02 bits per heavy atom. The number of aliphatic carboxylic acids is 2. The zero-order valence-electron chi connectivity index (χ0n) is 36.6. The van der Waals surface area contributed by atoms with E-state index in [0.29, 0.717) is 65.1 Å². The summed E-state index contributed by atoms with van der Waals surface area (Å²) < 4.78 is 17.0. The van der Waals surface area contributed by atoms with Crippen molar-refractivity contribution in [2.24, 2.45) is 0 Å². The van der Waals surface area contributed by atoms with Crippen LogP contribution in [0.3, 0.4) is 0 Å². The molecule has 59 heavy (non-hydrogen) atoms. The predicted molar refractivity (Wildman–Crippen MR) is 220 cm³/mol. The number of rotatable bonds is 18. The highest BCUT2D eigenvalue weighted by Gasteiger charge is 2.31. The van der Waals surface area contributed by atoms with E-state index < -0.39 is 57.6 Å². The lowest BCUT2D eigenvalue weighted by Gasteiger charge is -2.38. The molecule has 0 saturated carbocycles. The molecule has 1 fully saturated rings. The van der Waals surface area contributed by atoms with Crippen molar-refractivity contribution >= 4 is 35.5 Å². The molecule has 1 aliphatic rings. The normalized spacial score (nSPS) is 16.7. The SMILES string of the molecule is CC(C)(C)OC(=O)CN1CCN(CC(=O)O)CCN(CC(=O)O)CCN(CC(CCCc2ccc([N+](=O)[O-])cc2)N(CC(=O)OC(C)(C)C)CC(=O)OC(C)(C)C)CC1. The molecule has 1 atom stereocenters. The van der Waals surface area contributed by atoms with Gasteiger partial charge in [0.25, 0.3) is 5.69 Å². The largest absolute Gasteiger partial charge is 0.480 e. The lowest BCUT2D eigenvalue weighted by Crippen LogP contribution is -2.53. The number of nitrogens with zero attached hydrogens (tertiary/aromatic N) is 6. The molecule has 0 aliphatic carbocycles. The van der Waals surface area contributed by atoms with Crippen molar-refractivity contribution in [1.82, 2.24) is 24.5 Å². The first-order chi connectivity index (χ1) is 27.3. The second kappa shape index (κ2) is 23.5. The Morgan fingerprint density at radius 3 is 1.39 bits per heavy atom. The molecule has 2 rings (SSSR count). The Morgan fingerprint density at radius 1 is 0.644 bits per heavy atom. The number of nitro benzene ring substituents is 1. The van der Waals surface area contributed by atoms with Crippen LogP contribution in [0.2, 0.25) is 0 Å². The van der Waals surface area contributed by atoms with E-state index in [2.05, 4.69) is 4.90 Å². The van der Waals surface area contributed by atoms with Crippen LogP contribution in [0, 0.1) is 10.1 Å². The van der Waals surface area contributed by atoms with Crippen molar-refractivity contribution in [2.45, 2.75) is 104 Å². The Labute approximate surface area is 348 Å². The third kappa shape index (κ3) is 23.2. The molecule has 1 aromatic carbocycles. The first-order valence-electron chi connectivity index (χ1n) is 20.2. The molecular weight excluding hydrogens is 768 g/mol. The highest BCUT2D eigenvalue weighted by molar-refractivity contribution is 5.75. The summed E-state index contributed by atoms with van der Waals surface area (Å²) in [4.78, 5) is 83.7. The van der Waals surface area contributed by atoms with E-state index >= 15 is 0 Å². The minimum absolute atomic E-state index is 0.0184. The van der Waals surface area contributed by atoms with Crippen molar-refractivity contribution in [2.75, 3.05) is 91.6 Å². The summed E-state index contributed by atoms with van der Waals surface area (Å²) in [7, 11) is 0. The zero-order chi connectivity index (χ0) is 44.6. The lowest BCUT2D eigenvalue weighted by atomic mass is 10.0. The van der Waals surface area contributed by atoms with Gasteiger partial charge in [-0.25, -0.2) is 0 Å². The maximum Gasteiger partial charge on any atom is 0.320 e. The average molecular weight is 837 g/mol. The number of carbonyl (C=O) groups excluding carboxylic acids is 3. The summed E-state index contributed by atoms with van der Waals surface area (Å²) in [6, 6.07) is 5.88. The van der Waals surface area contributed by atoms with Crippen molar-refractivity contribution in [3.8, 4) is 0 Å². The molecule has 0 radical (unpaired) electrons. The average Bonchev–Trinajstić information content (AvgIpc) is 3.05. The van der Waals surface area contributed by atoms with Gasteiger partial charge < -0.3 is 24.4 Å². The van der Waals surface area contributed by atoms with Crippen molar-refractivity contribution in [1.29, 1.82) is 0 Å². The first kappa shape index (κ1) is 50.9. The molecule has 0 amide bonds. The van der Waals surface area contributed by atoms with Crippen LogP contribution < -0.4 is 0 Å². The molecule has 1 aromatic rings. The zero-order valence-corrected chi connectivity index (χ0v) is 36.6. The van der Waals surface area contributed by atoms with E-state index in [4.69, 9.17) is 14.2 Å². The van der Waals surface area contributed by atoms with Gasteiger partial charge in [0, 0.05) is 77.1 Å². The van der Waals surface area contributed by atoms with Crippen LogP contribution in [-0.2, 0) is 44.6 Å². The van der Waals surface area contributed by atoms with E-state index in [9.17, 15) is 44.3 Å². The monoisotopic (exact) mass is 836 g/mol. The molecule has 334 valence electrons. The van der Waals surface area contributed by atoms with Crippen LogP contribution in [0.4, 0.5) is 5.69 Å². The second-order valence-electron chi connectivity index (χ2n) is 18.1. The molecule has 0 aromatic heterocycles. The van der Waals surface area contributed by atoms with Crippen LogP contribution in [0.15, 0.2) is 24.3 Å². The number of carboxylic acid groups (broad SMARTS) is 2. The molecule has 1 saturated heterocycles. The third-order valence-electron chi connectivity index (χ3n) is 9.06. The summed E-state index contributed by atoms with van der Waals surface area (Å²) in [6.45, 7) is 17.9. The Hall–Kier alpha value is -4.23. The summed E-state index contributed by atoms with van der Waals surface area (Å²) in [5.41, 5.74) is -1.43. The number of carbonyl (C=O) groups is 5. The molecular formula is C41H68N6O12. The molecule has 0 bridgehead atoms. The smallest absolute Gasteiger partial charge is 0.320 e. The predicted octanol–water partition coefficient (Wildman–Crippen LogP) is 3.00. The quantitative estimate of drug-likeness (QED) is 0.0942. The van der Waals surface area contributed by atoms with E-state index in [1.807, 2.05) is 4.90 Å². The number of benzene rings is 1. The third-order valence-corrected chi connectivity index (χ3v) is 9.06. The van der Waals surface area contributed by atoms with Gasteiger partial charge in [-0.3, -0.25) is 58.6 Å². The van der Waals surface area contributed by atoms with E-state index in [1.165, 1.54) is 12.1 Å². The first-order valence-corrected chi connectivity index (χ1v) is 20.2. The minimum Gasteiger partial charge on any atom is -0.480 e. The molecule has 0 spiro atoms. The second-order valence-corrected chi connectivity index (χ2v) is 18.1. The van der Waals surface area contributed by atoms with Gasteiger partial charge in [-0.15, -0.1) is 0 Å². The van der Waals surface area contributed by atoms with Gasteiger partial charge in [-0.2, -0.15) is 0 Å². The number of aryl methyl sites for hydroxylation is 1. The summed E-state index contributed by atoms with van der Waals surface area (Å²) >= 11 is 0. The van der Waals surface area contributed by atoms with Crippen LogP contribution >= 0.6 is 0 Å². The number of hydrogen-bond donors (Lipinski definition) is 2. The number of esters is 3. The fraction of sp³-hybridized carbons (Fsp3) is 0.732. The van der Waals surface area contributed by atoms with Gasteiger partial charge in [0.05, 0.1) is 37.6 Å². The van der Waals surface area contributed by atoms with Gasteiger partial charge in [0.1, 0.15) is 16.8 Å².